The fraction of sp³-hybridized carbons (Fsp3) is 0.583. The number of hydrogen-bond acceptors (Lipinski definition) is 5. The smallest absolute Gasteiger partial charge is 0.300 e. The number of nitrogens with zero attached hydrogens (tertiary/aromatic N) is 4. The first kappa shape index (κ1) is 12.3. The third kappa shape index (κ3) is 1.95. The zero-order chi connectivity index (χ0) is 13.4. The van der Waals surface area contributed by atoms with E-state index < -0.39 is 0 Å². The van der Waals surface area contributed by atoms with Gasteiger partial charge in [0.1, 0.15) is 18.2 Å². The Hall–Kier alpha value is -1.73. The standard InChI is InChI=1S/C12H16N4O3/c1-2-15-6-14-11(18)10-12(15)16(7-13-10)9-4-3-8(5-17)19-9/h6-9,17H,2-5H2,1H3. The fourth-order valence-corrected chi connectivity index (χ4v) is 2.50. The van der Waals surface area contributed by atoms with Crippen LogP contribution in [0.2, 0.25) is 0 Å². The molecular weight excluding hydrogens is 248 g/mol. The van der Waals surface area contributed by atoms with Crippen LogP contribution in [0.3, 0.4) is 0 Å². The SMILES string of the molecule is CCn1cnc(=O)c2ncn(C3CCC(CO)O3)c21. The Morgan fingerprint density at radius 2 is 2.26 bits per heavy atom. The Labute approximate surface area is 109 Å². The van der Waals surface area contributed by atoms with Crippen molar-refractivity contribution in [3.05, 3.63) is 23.0 Å². The molecule has 2 unspecified atom stereocenters. The maximum Gasteiger partial charge on any atom is 0.300 e. The highest BCUT2D eigenvalue weighted by atomic mass is 16.5. The molecule has 1 N–H and O–H groups in total. The summed E-state index contributed by atoms with van der Waals surface area (Å²) < 4.78 is 9.47. The summed E-state index contributed by atoms with van der Waals surface area (Å²) in [5.74, 6) is 0. The zero-order valence-electron chi connectivity index (χ0n) is 10.7. The summed E-state index contributed by atoms with van der Waals surface area (Å²) in [4.78, 5) is 19.7. The lowest BCUT2D eigenvalue weighted by atomic mass is 10.2. The van der Waals surface area contributed by atoms with Crippen LogP contribution in [0.15, 0.2) is 17.4 Å². The molecule has 0 saturated carbocycles. The second kappa shape index (κ2) is 4.75. The average molecular weight is 264 g/mol. The summed E-state index contributed by atoms with van der Waals surface area (Å²) in [6.07, 6.45) is 4.44. The molecule has 2 aromatic rings. The minimum absolute atomic E-state index is 0.0191. The molecule has 2 atom stereocenters. The van der Waals surface area contributed by atoms with Crippen molar-refractivity contribution in [1.29, 1.82) is 0 Å². The summed E-state index contributed by atoms with van der Waals surface area (Å²) in [7, 11) is 0. The third-order valence-electron chi connectivity index (χ3n) is 3.50. The first-order valence-corrected chi connectivity index (χ1v) is 6.43. The minimum atomic E-state index is -0.324. The van der Waals surface area contributed by atoms with Gasteiger partial charge in [-0.15, -0.1) is 0 Å². The molecule has 1 saturated heterocycles. The summed E-state index contributed by atoms with van der Waals surface area (Å²) in [6, 6.07) is 0. The summed E-state index contributed by atoms with van der Waals surface area (Å²) in [5.41, 5.74) is 0.765. The van der Waals surface area contributed by atoms with Crippen molar-refractivity contribution in [1.82, 2.24) is 19.1 Å². The lowest BCUT2D eigenvalue weighted by molar-refractivity contribution is -0.0209. The Morgan fingerprint density at radius 1 is 1.42 bits per heavy atom. The molecule has 0 aliphatic carbocycles. The van der Waals surface area contributed by atoms with Gasteiger partial charge in [0, 0.05) is 6.54 Å². The highest BCUT2D eigenvalue weighted by Crippen LogP contribution is 2.29. The molecular formula is C12H16N4O3. The second-order valence-electron chi connectivity index (χ2n) is 4.63. The van der Waals surface area contributed by atoms with E-state index in [1.807, 2.05) is 16.1 Å². The quantitative estimate of drug-likeness (QED) is 0.861. The van der Waals surface area contributed by atoms with Crippen LogP contribution >= 0.6 is 0 Å². The fourth-order valence-electron chi connectivity index (χ4n) is 2.50. The molecule has 102 valence electrons. The monoisotopic (exact) mass is 264 g/mol. The van der Waals surface area contributed by atoms with Crippen molar-refractivity contribution in [2.45, 2.75) is 38.6 Å². The molecule has 0 bridgehead atoms. The number of aromatic nitrogens is 4. The van der Waals surface area contributed by atoms with Gasteiger partial charge in [-0.05, 0) is 19.8 Å². The van der Waals surface area contributed by atoms with E-state index in [9.17, 15) is 4.79 Å². The van der Waals surface area contributed by atoms with Crippen molar-refractivity contribution >= 4 is 11.2 Å². The molecule has 0 aromatic carbocycles. The molecule has 7 nitrogen and oxygen atoms in total. The molecule has 0 spiro atoms. The molecule has 1 aliphatic heterocycles. The maximum atomic E-state index is 11.7. The largest absolute Gasteiger partial charge is 0.394 e. The Kier molecular flexibility index (Phi) is 3.08. The number of rotatable bonds is 3. The normalized spacial score (nSPS) is 23.3. The third-order valence-corrected chi connectivity index (χ3v) is 3.50. The van der Waals surface area contributed by atoms with E-state index in [2.05, 4.69) is 9.97 Å². The number of aliphatic hydroxyl groups excluding tert-OH is 1. The van der Waals surface area contributed by atoms with Gasteiger partial charge in [0.05, 0.1) is 19.0 Å². The molecule has 3 heterocycles. The number of fused-ring (bicyclic) bond motifs is 1. The van der Waals surface area contributed by atoms with Crippen LogP contribution < -0.4 is 5.56 Å². The number of hydrogen-bond donors (Lipinski definition) is 1. The molecule has 7 heteroatoms. The van der Waals surface area contributed by atoms with E-state index in [4.69, 9.17) is 9.84 Å². The van der Waals surface area contributed by atoms with Crippen molar-refractivity contribution in [2.24, 2.45) is 0 Å². The number of aryl methyl sites for hydroxylation is 1. The first-order chi connectivity index (χ1) is 9.24. The number of aliphatic hydroxyl groups is 1. The van der Waals surface area contributed by atoms with Crippen LogP contribution in [0.4, 0.5) is 0 Å². The van der Waals surface area contributed by atoms with E-state index >= 15 is 0 Å². The van der Waals surface area contributed by atoms with E-state index in [-0.39, 0.29) is 24.5 Å². The molecule has 2 aromatic heterocycles. The molecule has 3 rings (SSSR count). The lowest BCUT2D eigenvalue weighted by Crippen LogP contribution is -2.17. The Balaban J connectivity index is 2.10. The van der Waals surface area contributed by atoms with E-state index in [0.29, 0.717) is 12.1 Å². The zero-order valence-corrected chi connectivity index (χ0v) is 10.7. The van der Waals surface area contributed by atoms with Gasteiger partial charge in [-0.3, -0.25) is 9.36 Å². The first-order valence-electron chi connectivity index (χ1n) is 6.43. The predicted molar refractivity (Wildman–Crippen MR) is 67.7 cm³/mol. The maximum absolute atomic E-state index is 11.7. The van der Waals surface area contributed by atoms with Crippen molar-refractivity contribution in [3.63, 3.8) is 0 Å². The topological polar surface area (TPSA) is 82.2 Å². The van der Waals surface area contributed by atoms with Crippen LogP contribution in [-0.2, 0) is 11.3 Å². The van der Waals surface area contributed by atoms with Crippen molar-refractivity contribution in [2.75, 3.05) is 6.61 Å². The van der Waals surface area contributed by atoms with E-state index in [1.54, 1.807) is 6.33 Å². The van der Waals surface area contributed by atoms with Gasteiger partial charge in [-0.1, -0.05) is 0 Å². The van der Waals surface area contributed by atoms with Crippen LogP contribution in [0, 0.1) is 0 Å². The second-order valence-corrected chi connectivity index (χ2v) is 4.63. The van der Waals surface area contributed by atoms with Crippen LogP contribution in [-0.4, -0.2) is 36.9 Å². The Morgan fingerprint density at radius 3 is 2.95 bits per heavy atom. The van der Waals surface area contributed by atoms with Gasteiger partial charge >= 0.3 is 5.56 Å². The molecule has 0 radical (unpaired) electrons. The van der Waals surface area contributed by atoms with Crippen LogP contribution in [0.5, 0.6) is 0 Å². The summed E-state index contributed by atoms with van der Waals surface area (Å²) in [6.45, 7) is 2.70. The minimum Gasteiger partial charge on any atom is -0.394 e. The van der Waals surface area contributed by atoms with Gasteiger partial charge < -0.3 is 14.4 Å². The van der Waals surface area contributed by atoms with Crippen molar-refractivity contribution < 1.29 is 9.84 Å². The van der Waals surface area contributed by atoms with Crippen LogP contribution in [0.25, 0.3) is 11.2 Å². The Bertz CT molecular complexity index is 648. The predicted octanol–water partition coefficient (Wildman–Crippen LogP) is 0.283. The highest BCUT2D eigenvalue weighted by Gasteiger charge is 2.28. The van der Waals surface area contributed by atoms with Gasteiger partial charge in [0.15, 0.2) is 5.52 Å². The molecule has 1 aliphatic rings. The molecule has 1 fully saturated rings. The molecule has 19 heavy (non-hydrogen) atoms. The lowest BCUT2D eigenvalue weighted by Gasteiger charge is -2.16. The van der Waals surface area contributed by atoms with E-state index in [1.165, 1.54) is 6.33 Å². The van der Waals surface area contributed by atoms with Gasteiger partial charge in [0.2, 0.25) is 0 Å². The average Bonchev–Trinajstić information content (AvgIpc) is 3.05. The van der Waals surface area contributed by atoms with Gasteiger partial charge in [-0.2, -0.15) is 4.98 Å². The molecule has 0 amide bonds. The highest BCUT2D eigenvalue weighted by molar-refractivity contribution is 5.69. The number of imidazole rings is 1. The summed E-state index contributed by atoms with van der Waals surface area (Å²) >= 11 is 0. The van der Waals surface area contributed by atoms with Crippen molar-refractivity contribution in [3.8, 4) is 0 Å². The van der Waals surface area contributed by atoms with Crippen LogP contribution in [0.1, 0.15) is 26.0 Å². The van der Waals surface area contributed by atoms with Gasteiger partial charge in [-0.25, -0.2) is 4.98 Å². The van der Waals surface area contributed by atoms with E-state index in [0.717, 1.165) is 18.5 Å². The number of ether oxygens (including phenoxy) is 1. The summed E-state index contributed by atoms with van der Waals surface area (Å²) in [5, 5.41) is 9.12. The van der Waals surface area contributed by atoms with Gasteiger partial charge in [0.25, 0.3) is 0 Å².